The van der Waals surface area contributed by atoms with Crippen molar-refractivity contribution in [1.82, 2.24) is 0 Å². The average Bonchev–Trinajstić information content (AvgIpc) is 2.66. The molecule has 1 aliphatic heterocycles. The Morgan fingerprint density at radius 2 is 2.00 bits per heavy atom. The standard InChI is InChI=1S/C10H10F3IO2S/c11-10(12,13)17-9(14)3-1-2-7(6-9)8-15-4-5-16-8/h1-2,6,8H,3-5H2. The highest BCUT2D eigenvalue weighted by Gasteiger charge is 2.41. The fourth-order valence-electron chi connectivity index (χ4n) is 1.67. The van der Waals surface area contributed by atoms with Gasteiger partial charge in [-0.2, -0.15) is 13.2 Å². The maximum absolute atomic E-state index is 12.4. The number of hydrogen-bond donors (Lipinski definition) is 0. The second kappa shape index (κ2) is 5.10. The number of thioether (sulfide) groups is 1. The third kappa shape index (κ3) is 3.87. The normalized spacial score (nSPS) is 30.7. The van der Waals surface area contributed by atoms with Gasteiger partial charge in [0.25, 0.3) is 0 Å². The quantitative estimate of drug-likeness (QED) is 0.540. The van der Waals surface area contributed by atoms with Crippen LogP contribution < -0.4 is 0 Å². The third-order valence-electron chi connectivity index (χ3n) is 2.27. The number of hydrogen-bond acceptors (Lipinski definition) is 3. The number of allylic oxidation sites excluding steroid dienone is 1. The van der Waals surface area contributed by atoms with Gasteiger partial charge in [-0.25, -0.2) is 0 Å². The molecule has 1 atom stereocenters. The van der Waals surface area contributed by atoms with Crippen molar-refractivity contribution in [3.05, 3.63) is 23.8 Å². The molecule has 0 amide bonds. The Morgan fingerprint density at radius 3 is 2.59 bits per heavy atom. The SMILES string of the molecule is FC(F)(F)SC1(I)C=C(C2OCCO2)C=CC1. The van der Waals surface area contributed by atoms with Crippen LogP contribution >= 0.6 is 34.4 Å². The van der Waals surface area contributed by atoms with Gasteiger partial charge < -0.3 is 9.47 Å². The lowest BCUT2D eigenvalue weighted by Gasteiger charge is -2.27. The van der Waals surface area contributed by atoms with Crippen LogP contribution in [0.1, 0.15) is 6.42 Å². The number of rotatable bonds is 2. The molecule has 17 heavy (non-hydrogen) atoms. The van der Waals surface area contributed by atoms with Crippen molar-refractivity contribution in [2.24, 2.45) is 0 Å². The summed E-state index contributed by atoms with van der Waals surface area (Å²) in [6, 6.07) is 0. The number of ether oxygens (including phenoxy) is 2. The van der Waals surface area contributed by atoms with E-state index in [4.69, 9.17) is 9.47 Å². The highest BCUT2D eigenvalue weighted by Crippen LogP contribution is 2.50. The Morgan fingerprint density at radius 1 is 1.35 bits per heavy atom. The summed E-state index contributed by atoms with van der Waals surface area (Å²) < 4.78 is 46.9. The van der Waals surface area contributed by atoms with E-state index in [1.165, 1.54) is 0 Å². The fourth-order valence-corrected chi connectivity index (χ4v) is 3.79. The van der Waals surface area contributed by atoms with Crippen molar-refractivity contribution < 1.29 is 22.6 Å². The summed E-state index contributed by atoms with van der Waals surface area (Å²) in [5.74, 6) is 0. The smallest absolute Gasteiger partial charge is 0.346 e. The number of alkyl halides is 4. The van der Waals surface area contributed by atoms with E-state index in [2.05, 4.69) is 0 Å². The molecule has 0 radical (unpaired) electrons. The molecule has 0 aromatic rings. The zero-order chi connectivity index (χ0) is 12.5. The zero-order valence-corrected chi connectivity index (χ0v) is 11.6. The molecular formula is C10H10F3IO2S. The second-order valence-corrected chi connectivity index (χ2v) is 7.71. The molecular weight excluding hydrogens is 368 g/mol. The van der Waals surface area contributed by atoms with Crippen molar-refractivity contribution in [1.29, 1.82) is 0 Å². The molecule has 1 unspecified atom stereocenters. The van der Waals surface area contributed by atoms with Crippen LogP contribution in [0.2, 0.25) is 0 Å². The Balaban J connectivity index is 2.12. The van der Waals surface area contributed by atoms with E-state index in [-0.39, 0.29) is 11.8 Å². The molecule has 0 N–H and O–H groups in total. The molecule has 0 bridgehead atoms. The van der Waals surface area contributed by atoms with E-state index in [1.807, 2.05) is 22.6 Å². The molecule has 1 saturated heterocycles. The predicted octanol–water partition coefficient (Wildman–Crippen LogP) is 3.63. The van der Waals surface area contributed by atoms with Gasteiger partial charge in [0.05, 0.1) is 16.0 Å². The Labute approximate surface area is 115 Å². The van der Waals surface area contributed by atoms with E-state index in [0.29, 0.717) is 25.2 Å². The first-order valence-electron chi connectivity index (χ1n) is 4.96. The first-order chi connectivity index (χ1) is 7.88. The minimum Gasteiger partial charge on any atom is -0.346 e. The van der Waals surface area contributed by atoms with Crippen molar-refractivity contribution in [3.63, 3.8) is 0 Å². The van der Waals surface area contributed by atoms with E-state index < -0.39 is 14.6 Å². The van der Waals surface area contributed by atoms with Gasteiger partial charge in [0.1, 0.15) is 0 Å². The van der Waals surface area contributed by atoms with Crippen LogP contribution in [0, 0.1) is 0 Å². The molecule has 7 heteroatoms. The summed E-state index contributed by atoms with van der Waals surface area (Å²) in [7, 11) is 0. The summed E-state index contributed by atoms with van der Waals surface area (Å²) in [6.45, 7) is 0.965. The molecule has 96 valence electrons. The lowest BCUT2D eigenvalue weighted by atomic mass is 10.1. The van der Waals surface area contributed by atoms with E-state index in [9.17, 15) is 13.2 Å². The first kappa shape index (κ1) is 13.7. The molecule has 0 saturated carbocycles. The first-order valence-corrected chi connectivity index (χ1v) is 6.86. The second-order valence-electron chi connectivity index (χ2n) is 3.66. The highest BCUT2D eigenvalue weighted by atomic mass is 127. The van der Waals surface area contributed by atoms with Crippen molar-refractivity contribution in [3.8, 4) is 0 Å². The van der Waals surface area contributed by atoms with Crippen LogP contribution in [0.3, 0.4) is 0 Å². The molecule has 2 nitrogen and oxygen atoms in total. The van der Waals surface area contributed by atoms with Crippen LogP contribution in [0.15, 0.2) is 23.8 Å². The summed E-state index contributed by atoms with van der Waals surface area (Å²) in [6.07, 6.45) is 4.90. The minimum absolute atomic E-state index is 0.00954. The summed E-state index contributed by atoms with van der Waals surface area (Å²) in [4.78, 5) is 0. The zero-order valence-electron chi connectivity index (χ0n) is 8.67. The lowest BCUT2D eigenvalue weighted by Crippen LogP contribution is -2.23. The van der Waals surface area contributed by atoms with Gasteiger partial charge in [-0.05, 0) is 24.3 Å². The van der Waals surface area contributed by atoms with Crippen LogP contribution in [0.4, 0.5) is 13.2 Å². The topological polar surface area (TPSA) is 18.5 Å². The van der Waals surface area contributed by atoms with Crippen LogP contribution in [-0.2, 0) is 9.47 Å². The maximum Gasteiger partial charge on any atom is 0.443 e. The largest absolute Gasteiger partial charge is 0.443 e. The Kier molecular flexibility index (Phi) is 4.11. The van der Waals surface area contributed by atoms with Gasteiger partial charge >= 0.3 is 5.51 Å². The van der Waals surface area contributed by atoms with Crippen LogP contribution in [0.5, 0.6) is 0 Å². The van der Waals surface area contributed by atoms with Gasteiger partial charge in [0.2, 0.25) is 0 Å². The fraction of sp³-hybridized carbons (Fsp3) is 0.600. The maximum atomic E-state index is 12.4. The Bertz CT molecular complexity index is 350. The van der Waals surface area contributed by atoms with E-state index >= 15 is 0 Å². The molecule has 2 aliphatic rings. The summed E-state index contributed by atoms with van der Waals surface area (Å²) in [5, 5.41) is 0. The van der Waals surface area contributed by atoms with Gasteiger partial charge in [-0.15, -0.1) is 0 Å². The van der Waals surface area contributed by atoms with Crippen molar-refractivity contribution in [2.75, 3.05) is 13.2 Å². The van der Waals surface area contributed by atoms with Crippen molar-refractivity contribution >= 4 is 34.4 Å². The summed E-state index contributed by atoms with van der Waals surface area (Å²) in [5.41, 5.74) is -3.58. The van der Waals surface area contributed by atoms with E-state index in [1.54, 1.807) is 18.2 Å². The van der Waals surface area contributed by atoms with Crippen LogP contribution in [0.25, 0.3) is 0 Å². The predicted molar refractivity (Wildman–Crippen MR) is 67.9 cm³/mol. The van der Waals surface area contributed by atoms with Gasteiger partial charge in [-0.1, -0.05) is 34.7 Å². The third-order valence-corrected chi connectivity index (χ3v) is 4.54. The monoisotopic (exact) mass is 378 g/mol. The molecule has 1 heterocycles. The van der Waals surface area contributed by atoms with Gasteiger partial charge in [0.15, 0.2) is 6.29 Å². The average molecular weight is 378 g/mol. The highest BCUT2D eigenvalue weighted by molar-refractivity contribution is 14.1. The summed E-state index contributed by atoms with van der Waals surface area (Å²) >= 11 is 1.81. The molecule has 1 fully saturated rings. The molecule has 0 aromatic heterocycles. The number of halogens is 4. The molecule has 0 aromatic carbocycles. The van der Waals surface area contributed by atoms with E-state index in [0.717, 1.165) is 0 Å². The van der Waals surface area contributed by atoms with Gasteiger partial charge in [-0.3, -0.25) is 0 Å². The lowest BCUT2D eigenvalue weighted by molar-refractivity contribution is -0.0333. The van der Waals surface area contributed by atoms with Crippen molar-refractivity contribution in [2.45, 2.75) is 21.0 Å². The minimum atomic E-state index is -4.24. The molecule has 1 aliphatic carbocycles. The molecule has 0 spiro atoms. The van der Waals surface area contributed by atoms with Crippen LogP contribution in [-0.4, -0.2) is 27.8 Å². The Hall–Kier alpha value is 0.270. The molecule has 2 rings (SSSR count). The van der Waals surface area contributed by atoms with Gasteiger partial charge in [0, 0.05) is 5.57 Å².